The van der Waals surface area contributed by atoms with E-state index in [0.29, 0.717) is 11.3 Å². The Bertz CT molecular complexity index is 465. The van der Waals surface area contributed by atoms with Gasteiger partial charge in [0, 0.05) is 6.04 Å². The Labute approximate surface area is 125 Å². The average molecular weight is 289 g/mol. The van der Waals surface area contributed by atoms with Crippen molar-refractivity contribution >= 4 is 12.2 Å². The second-order valence-electron chi connectivity index (χ2n) is 5.55. The SMILES string of the molecule is O=Cc1ccccc1OCC(=O)NC1CCCCCCC1. The number of hydrogen-bond acceptors (Lipinski definition) is 3. The van der Waals surface area contributed by atoms with Gasteiger partial charge in [-0.3, -0.25) is 9.59 Å². The van der Waals surface area contributed by atoms with E-state index in [1.54, 1.807) is 24.3 Å². The smallest absolute Gasteiger partial charge is 0.258 e. The minimum atomic E-state index is -0.110. The average Bonchev–Trinajstić information content (AvgIpc) is 2.48. The van der Waals surface area contributed by atoms with Crippen LogP contribution < -0.4 is 10.1 Å². The molecule has 0 radical (unpaired) electrons. The number of ether oxygens (including phenoxy) is 1. The van der Waals surface area contributed by atoms with Crippen LogP contribution in [0.15, 0.2) is 24.3 Å². The molecule has 0 heterocycles. The van der Waals surface area contributed by atoms with Gasteiger partial charge in [-0.2, -0.15) is 0 Å². The van der Waals surface area contributed by atoms with E-state index in [-0.39, 0.29) is 18.6 Å². The highest BCUT2D eigenvalue weighted by Crippen LogP contribution is 2.18. The van der Waals surface area contributed by atoms with Gasteiger partial charge in [0.1, 0.15) is 5.75 Å². The molecule has 4 heteroatoms. The van der Waals surface area contributed by atoms with E-state index >= 15 is 0 Å². The summed E-state index contributed by atoms with van der Waals surface area (Å²) in [6.45, 7) is -0.0403. The van der Waals surface area contributed by atoms with Gasteiger partial charge in [0.2, 0.25) is 0 Å². The Balaban J connectivity index is 1.79. The standard InChI is InChI=1S/C17H23NO3/c19-12-14-8-6-7-11-16(14)21-13-17(20)18-15-9-4-2-1-3-5-10-15/h6-8,11-12,15H,1-5,9-10,13H2,(H,18,20). The molecule has 2 rings (SSSR count). The molecule has 114 valence electrons. The molecule has 1 aliphatic rings. The van der Waals surface area contributed by atoms with E-state index in [2.05, 4.69) is 5.32 Å². The van der Waals surface area contributed by atoms with E-state index in [0.717, 1.165) is 19.1 Å². The molecule has 0 atom stereocenters. The first-order valence-electron chi connectivity index (χ1n) is 7.76. The van der Waals surface area contributed by atoms with E-state index in [1.165, 1.54) is 32.1 Å². The number of aldehydes is 1. The Morgan fingerprint density at radius 2 is 1.81 bits per heavy atom. The van der Waals surface area contributed by atoms with E-state index in [1.807, 2.05) is 0 Å². The topological polar surface area (TPSA) is 55.4 Å². The first-order chi connectivity index (χ1) is 10.3. The normalized spacial score (nSPS) is 16.6. The van der Waals surface area contributed by atoms with Crippen LogP contribution >= 0.6 is 0 Å². The Morgan fingerprint density at radius 1 is 1.14 bits per heavy atom. The third-order valence-corrected chi connectivity index (χ3v) is 3.88. The fourth-order valence-electron chi connectivity index (χ4n) is 2.72. The monoisotopic (exact) mass is 289 g/mol. The number of para-hydroxylation sites is 1. The summed E-state index contributed by atoms with van der Waals surface area (Å²) in [6, 6.07) is 7.20. The van der Waals surface area contributed by atoms with Gasteiger partial charge in [-0.25, -0.2) is 0 Å². The van der Waals surface area contributed by atoms with Crippen LogP contribution in [0.4, 0.5) is 0 Å². The van der Waals surface area contributed by atoms with E-state index < -0.39 is 0 Å². The van der Waals surface area contributed by atoms with Crippen molar-refractivity contribution in [2.75, 3.05) is 6.61 Å². The fourth-order valence-corrected chi connectivity index (χ4v) is 2.72. The lowest BCUT2D eigenvalue weighted by Crippen LogP contribution is -2.38. The molecular formula is C17H23NO3. The van der Waals surface area contributed by atoms with Crippen LogP contribution in [-0.2, 0) is 4.79 Å². The molecule has 4 nitrogen and oxygen atoms in total. The highest BCUT2D eigenvalue weighted by atomic mass is 16.5. The predicted molar refractivity (Wildman–Crippen MR) is 81.6 cm³/mol. The number of nitrogens with one attached hydrogen (secondary N) is 1. The molecule has 21 heavy (non-hydrogen) atoms. The van der Waals surface area contributed by atoms with Gasteiger partial charge in [0.15, 0.2) is 12.9 Å². The zero-order valence-corrected chi connectivity index (χ0v) is 12.3. The molecule has 0 saturated heterocycles. The van der Waals surface area contributed by atoms with Crippen LogP contribution in [0, 0.1) is 0 Å². The summed E-state index contributed by atoms with van der Waals surface area (Å²) in [5.74, 6) is 0.349. The van der Waals surface area contributed by atoms with Crippen molar-refractivity contribution < 1.29 is 14.3 Å². The zero-order chi connectivity index (χ0) is 14.9. The van der Waals surface area contributed by atoms with Crippen molar-refractivity contribution in [2.45, 2.75) is 51.0 Å². The molecular weight excluding hydrogens is 266 g/mol. The first-order valence-corrected chi connectivity index (χ1v) is 7.76. The van der Waals surface area contributed by atoms with Crippen LogP contribution in [0.2, 0.25) is 0 Å². The molecule has 0 unspecified atom stereocenters. The van der Waals surface area contributed by atoms with Crippen molar-refractivity contribution in [2.24, 2.45) is 0 Å². The number of benzene rings is 1. The highest BCUT2D eigenvalue weighted by Gasteiger charge is 2.14. The van der Waals surface area contributed by atoms with Gasteiger partial charge in [0.05, 0.1) is 5.56 Å². The fraction of sp³-hybridized carbons (Fsp3) is 0.529. The van der Waals surface area contributed by atoms with Crippen LogP contribution in [0.3, 0.4) is 0 Å². The van der Waals surface area contributed by atoms with E-state index in [4.69, 9.17) is 4.74 Å². The van der Waals surface area contributed by atoms with Gasteiger partial charge in [-0.05, 0) is 25.0 Å². The quantitative estimate of drug-likeness (QED) is 0.847. The van der Waals surface area contributed by atoms with Crippen LogP contribution in [-0.4, -0.2) is 24.8 Å². The lowest BCUT2D eigenvalue weighted by atomic mass is 9.97. The Hall–Kier alpha value is -1.84. The number of rotatable bonds is 5. The molecule has 0 bridgehead atoms. The maximum atomic E-state index is 12.0. The van der Waals surface area contributed by atoms with Crippen LogP contribution in [0.25, 0.3) is 0 Å². The first kappa shape index (κ1) is 15.5. The summed E-state index contributed by atoms with van der Waals surface area (Å²) in [7, 11) is 0. The van der Waals surface area contributed by atoms with Crippen molar-refractivity contribution in [1.82, 2.24) is 5.32 Å². The zero-order valence-electron chi connectivity index (χ0n) is 12.3. The van der Waals surface area contributed by atoms with Gasteiger partial charge in [-0.15, -0.1) is 0 Å². The minimum Gasteiger partial charge on any atom is -0.483 e. The summed E-state index contributed by atoms with van der Waals surface area (Å²) in [5.41, 5.74) is 0.469. The molecule has 1 fully saturated rings. The molecule has 1 aromatic carbocycles. The number of amides is 1. The molecule has 0 aliphatic heterocycles. The number of carbonyl (C=O) groups excluding carboxylic acids is 2. The second-order valence-corrected chi connectivity index (χ2v) is 5.55. The predicted octanol–water partition coefficient (Wildman–Crippen LogP) is 3.11. The molecule has 0 spiro atoms. The third kappa shape index (κ3) is 5.21. The Morgan fingerprint density at radius 3 is 2.52 bits per heavy atom. The maximum absolute atomic E-state index is 12.0. The molecule has 1 N–H and O–H groups in total. The molecule has 0 aromatic heterocycles. The lowest BCUT2D eigenvalue weighted by Gasteiger charge is -2.21. The minimum absolute atomic E-state index is 0.0403. The molecule has 1 amide bonds. The maximum Gasteiger partial charge on any atom is 0.258 e. The van der Waals surface area contributed by atoms with Gasteiger partial charge < -0.3 is 10.1 Å². The number of carbonyl (C=O) groups is 2. The summed E-state index contributed by atoms with van der Waals surface area (Å²) >= 11 is 0. The number of hydrogen-bond donors (Lipinski definition) is 1. The summed E-state index contributed by atoms with van der Waals surface area (Å²) < 4.78 is 5.44. The van der Waals surface area contributed by atoms with E-state index in [9.17, 15) is 9.59 Å². The van der Waals surface area contributed by atoms with Crippen molar-refractivity contribution in [1.29, 1.82) is 0 Å². The highest BCUT2D eigenvalue weighted by molar-refractivity contribution is 5.80. The molecule has 1 saturated carbocycles. The van der Waals surface area contributed by atoms with Gasteiger partial charge in [0.25, 0.3) is 5.91 Å². The third-order valence-electron chi connectivity index (χ3n) is 3.88. The van der Waals surface area contributed by atoms with Crippen molar-refractivity contribution in [3.05, 3.63) is 29.8 Å². The Kier molecular flexibility index (Phi) is 6.25. The summed E-state index contributed by atoms with van der Waals surface area (Å²) in [6.07, 6.45) is 9.03. The van der Waals surface area contributed by atoms with Crippen molar-refractivity contribution in [3.63, 3.8) is 0 Å². The van der Waals surface area contributed by atoms with Crippen LogP contribution in [0.1, 0.15) is 55.3 Å². The lowest BCUT2D eigenvalue weighted by molar-refractivity contribution is -0.123. The molecule has 1 aromatic rings. The largest absolute Gasteiger partial charge is 0.483 e. The van der Waals surface area contributed by atoms with Crippen molar-refractivity contribution in [3.8, 4) is 5.75 Å². The van der Waals surface area contributed by atoms with Gasteiger partial charge >= 0.3 is 0 Å². The van der Waals surface area contributed by atoms with Crippen LogP contribution in [0.5, 0.6) is 5.75 Å². The van der Waals surface area contributed by atoms with Gasteiger partial charge in [-0.1, -0.05) is 44.2 Å². The molecule has 1 aliphatic carbocycles. The second kappa shape index (κ2) is 8.45. The summed E-state index contributed by atoms with van der Waals surface area (Å²) in [4.78, 5) is 22.8. The summed E-state index contributed by atoms with van der Waals surface area (Å²) in [5, 5.41) is 3.04.